The molecule has 7 heteroatoms. The molecule has 20 heavy (non-hydrogen) atoms. The van der Waals surface area contributed by atoms with Crippen LogP contribution in [0.2, 0.25) is 0 Å². The molecule has 1 heterocycles. The van der Waals surface area contributed by atoms with E-state index in [1.807, 2.05) is 0 Å². The number of hydrogen-bond donors (Lipinski definition) is 2. The van der Waals surface area contributed by atoms with Gasteiger partial charge < -0.3 is 15.1 Å². The van der Waals surface area contributed by atoms with Crippen LogP contribution in [0.5, 0.6) is 0 Å². The number of aromatic nitrogens is 2. The molecule has 0 saturated carbocycles. The van der Waals surface area contributed by atoms with E-state index in [0.717, 1.165) is 24.7 Å². The summed E-state index contributed by atoms with van der Waals surface area (Å²) in [5.74, 6) is -0.252. The van der Waals surface area contributed by atoms with Crippen molar-refractivity contribution in [2.24, 2.45) is 5.92 Å². The Morgan fingerprint density at radius 3 is 2.80 bits per heavy atom. The number of nitrogens with one attached hydrogen (secondary N) is 2. The molecule has 0 aliphatic heterocycles. The molecular weight excluding hydrogens is 266 g/mol. The van der Waals surface area contributed by atoms with Gasteiger partial charge in [0.05, 0.1) is 12.2 Å². The fourth-order valence-corrected chi connectivity index (χ4v) is 1.55. The van der Waals surface area contributed by atoms with Gasteiger partial charge in [-0.1, -0.05) is 18.9 Å². The van der Waals surface area contributed by atoms with Gasteiger partial charge in [0.25, 0.3) is 0 Å². The first kappa shape index (κ1) is 14.4. The molecule has 0 unspecified atom stereocenters. The quantitative estimate of drug-likeness (QED) is 0.853. The molecule has 5 nitrogen and oxygen atoms in total. The predicted molar refractivity (Wildman–Crippen MR) is 70.5 cm³/mol. The van der Waals surface area contributed by atoms with Crippen molar-refractivity contribution in [1.29, 1.82) is 0 Å². The highest BCUT2D eigenvalue weighted by Gasteiger charge is 2.09. The summed E-state index contributed by atoms with van der Waals surface area (Å²) >= 11 is 0. The molecule has 0 radical (unpaired) electrons. The average Bonchev–Trinajstić information content (AvgIpc) is 2.81. The Bertz CT molecular complexity index is 571. The van der Waals surface area contributed by atoms with E-state index in [1.54, 1.807) is 0 Å². The molecule has 1 aromatic carbocycles. The highest BCUT2D eigenvalue weighted by Crippen LogP contribution is 2.19. The third kappa shape index (κ3) is 3.99. The Balaban J connectivity index is 1.97. The number of halogens is 2. The van der Waals surface area contributed by atoms with Gasteiger partial charge in [0.15, 0.2) is 0 Å². The van der Waals surface area contributed by atoms with Crippen LogP contribution in [0.1, 0.15) is 19.7 Å². The lowest BCUT2D eigenvalue weighted by molar-refractivity contribution is 0.460. The van der Waals surface area contributed by atoms with Gasteiger partial charge in [0, 0.05) is 6.07 Å². The Morgan fingerprint density at radius 2 is 2.05 bits per heavy atom. The second kappa shape index (κ2) is 6.42. The van der Waals surface area contributed by atoms with Gasteiger partial charge in [-0.3, -0.25) is 0 Å². The van der Waals surface area contributed by atoms with Crippen LogP contribution >= 0.6 is 0 Å². The van der Waals surface area contributed by atoms with Crippen molar-refractivity contribution in [2.75, 3.05) is 11.9 Å². The standard InChI is InChI=1S/C13H16F2N4O/c1-8(2)6-16-7-12-18-19-13(20-12)17-11-5-9(14)3-4-10(11)15/h3-5,8,16H,6-7H2,1-2H3,(H,17,19). The Hall–Kier alpha value is -2.02. The third-order valence-electron chi connectivity index (χ3n) is 2.47. The Morgan fingerprint density at radius 1 is 1.25 bits per heavy atom. The molecular formula is C13H16F2N4O. The van der Waals surface area contributed by atoms with Crippen LogP contribution in [-0.2, 0) is 6.54 Å². The number of benzene rings is 1. The lowest BCUT2D eigenvalue weighted by Gasteiger charge is -2.04. The number of rotatable bonds is 6. The highest BCUT2D eigenvalue weighted by atomic mass is 19.1. The largest absolute Gasteiger partial charge is 0.406 e. The summed E-state index contributed by atoms with van der Waals surface area (Å²) in [6.45, 7) is 5.42. The maximum Gasteiger partial charge on any atom is 0.320 e. The first-order chi connectivity index (χ1) is 9.54. The van der Waals surface area contributed by atoms with E-state index in [0.29, 0.717) is 18.4 Å². The molecule has 0 atom stereocenters. The summed E-state index contributed by atoms with van der Waals surface area (Å²) < 4.78 is 31.7. The topological polar surface area (TPSA) is 63.0 Å². The van der Waals surface area contributed by atoms with Gasteiger partial charge in [0.2, 0.25) is 5.89 Å². The molecule has 2 N–H and O–H groups in total. The molecule has 0 aliphatic carbocycles. The summed E-state index contributed by atoms with van der Waals surface area (Å²) in [5, 5.41) is 13.2. The fraction of sp³-hybridized carbons (Fsp3) is 0.385. The zero-order valence-electron chi connectivity index (χ0n) is 11.3. The highest BCUT2D eigenvalue weighted by molar-refractivity contribution is 5.52. The molecule has 2 rings (SSSR count). The van der Waals surface area contributed by atoms with Gasteiger partial charge in [-0.25, -0.2) is 8.78 Å². The summed E-state index contributed by atoms with van der Waals surface area (Å²) in [6, 6.07) is 3.11. The van der Waals surface area contributed by atoms with E-state index in [4.69, 9.17) is 4.42 Å². The number of hydrogen-bond acceptors (Lipinski definition) is 5. The molecule has 0 fully saturated rings. The minimum Gasteiger partial charge on any atom is -0.406 e. The Kier molecular flexibility index (Phi) is 4.62. The molecule has 0 amide bonds. The predicted octanol–water partition coefficient (Wildman–Crippen LogP) is 2.84. The molecule has 0 saturated heterocycles. The first-order valence-electron chi connectivity index (χ1n) is 6.30. The minimum absolute atomic E-state index is 0.0239. The second-order valence-electron chi connectivity index (χ2n) is 4.77. The van der Waals surface area contributed by atoms with Crippen LogP contribution in [0.4, 0.5) is 20.5 Å². The lowest BCUT2D eigenvalue weighted by Crippen LogP contribution is -2.19. The SMILES string of the molecule is CC(C)CNCc1nnc(Nc2cc(F)ccc2F)o1. The summed E-state index contributed by atoms with van der Waals surface area (Å²) in [7, 11) is 0. The van der Waals surface area contributed by atoms with Crippen LogP contribution in [-0.4, -0.2) is 16.7 Å². The summed E-state index contributed by atoms with van der Waals surface area (Å²) in [4.78, 5) is 0. The zero-order chi connectivity index (χ0) is 14.5. The number of nitrogens with zero attached hydrogens (tertiary/aromatic N) is 2. The van der Waals surface area contributed by atoms with Gasteiger partial charge in [-0.15, -0.1) is 5.10 Å². The molecule has 0 aliphatic rings. The van der Waals surface area contributed by atoms with Crippen molar-refractivity contribution in [2.45, 2.75) is 20.4 Å². The van der Waals surface area contributed by atoms with Crippen LogP contribution in [0.3, 0.4) is 0 Å². The van der Waals surface area contributed by atoms with Crippen LogP contribution in [0, 0.1) is 17.6 Å². The summed E-state index contributed by atoms with van der Waals surface area (Å²) in [5.41, 5.74) is -0.0460. The maximum absolute atomic E-state index is 13.4. The lowest BCUT2D eigenvalue weighted by atomic mass is 10.2. The maximum atomic E-state index is 13.4. The van der Waals surface area contributed by atoms with Crippen molar-refractivity contribution >= 4 is 11.7 Å². The van der Waals surface area contributed by atoms with Crippen LogP contribution in [0.15, 0.2) is 22.6 Å². The normalized spacial score (nSPS) is 11.1. The first-order valence-corrected chi connectivity index (χ1v) is 6.30. The monoisotopic (exact) mass is 282 g/mol. The number of anilines is 2. The van der Waals surface area contributed by atoms with Crippen molar-refractivity contribution in [3.05, 3.63) is 35.7 Å². The molecule has 0 bridgehead atoms. The van der Waals surface area contributed by atoms with E-state index in [2.05, 4.69) is 34.7 Å². The zero-order valence-corrected chi connectivity index (χ0v) is 11.3. The van der Waals surface area contributed by atoms with E-state index in [9.17, 15) is 8.78 Å². The minimum atomic E-state index is -0.593. The second-order valence-corrected chi connectivity index (χ2v) is 4.77. The van der Waals surface area contributed by atoms with Gasteiger partial charge in [-0.2, -0.15) is 0 Å². The van der Waals surface area contributed by atoms with Crippen molar-refractivity contribution in [3.8, 4) is 0 Å². The molecule has 108 valence electrons. The van der Waals surface area contributed by atoms with E-state index < -0.39 is 11.6 Å². The van der Waals surface area contributed by atoms with E-state index in [1.165, 1.54) is 0 Å². The van der Waals surface area contributed by atoms with Crippen molar-refractivity contribution in [1.82, 2.24) is 15.5 Å². The van der Waals surface area contributed by atoms with E-state index in [-0.39, 0.29) is 11.7 Å². The summed E-state index contributed by atoms with van der Waals surface area (Å²) in [6.07, 6.45) is 0. The van der Waals surface area contributed by atoms with Gasteiger partial charge in [0.1, 0.15) is 11.6 Å². The molecule has 0 spiro atoms. The van der Waals surface area contributed by atoms with E-state index >= 15 is 0 Å². The Labute approximate surface area is 115 Å². The smallest absolute Gasteiger partial charge is 0.320 e. The van der Waals surface area contributed by atoms with Crippen LogP contribution in [0.25, 0.3) is 0 Å². The van der Waals surface area contributed by atoms with Crippen molar-refractivity contribution < 1.29 is 13.2 Å². The third-order valence-corrected chi connectivity index (χ3v) is 2.47. The van der Waals surface area contributed by atoms with Crippen LogP contribution < -0.4 is 10.6 Å². The fourth-order valence-electron chi connectivity index (χ4n) is 1.55. The van der Waals surface area contributed by atoms with Crippen molar-refractivity contribution in [3.63, 3.8) is 0 Å². The average molecular weight is 282 g/mol. The molecule has 1 aromatic heterocycles. The molecule has 2 aromatic rings. The van der Waals surface area contributed by atoms with Gasteiger partial charge in [-0.05, 0) is 24.6 Å². The van der Waals surface area contributed by atoms with Gasteiger partial charge >= 0.3 is 6.01 Å².